The summed E-state index contributed by atoms with van der Waals surface area (Å²) in [5.41, 5.74) is 9.51. The van der Waals surface area contributed by atoms with Gasteiger partial charge in [-0.1, -0.05) is 0 Å². The molecule has 3 heterocycles. The van der Waals surface area contributed by atoms with Gasteiger partial charge in [0.25, 0.3) is 5.91 Å². The van der Waals surface area contributed by atoms with Crippen LogP contribution < -0.4 is 10.5 Å². The summed E-state index contributed by atoms with van der Waals surface area (Å²) in [6.07, 6.45) is -1.68. The van der Waals surface area contributed by atoms with Crippen molar-refractivity contribution in [3.8, 4) is 5.75 Å². The van der Waals surface area contributed by atoms with Crippen LogP contribution in [0.4, 0.5) is 19.0 Å². The van der Waals surface area contributed by atoms with Gasteiger partial charge in [-0.05, 0) is 54.7 Å². The Bertz CT molecular complexity index is 1210. The van der Waals surface area contributed by atoms with Crippen molar-refractivity contribution in [2.24, 2.45) is 5.92 Å². The molecule has 0 unspecified atom stereocenters. The summed E-state index contributed by atoms with van der Waals surface area (Å²) in [6, 6.07) is 7.93. The number of benzene rings is 1. The highest BCUT2D eigenvalue weighted by atomic mass is 19.4. The maximum atomic E-state index is 13.4. The number of fused-ring (bicyclic) bond motifs is 3. The van der Waals surface area contributed by atoms with E-state index in [4.69, 9.17) is 10.5 Å². The highest BCUT2D eigenvalue weighted by molar-refractivity contribution is 5.99. The summed E-state index contributed by atoms with van der Waals surface area (Å²) >= 11 is 0. The standard InChI is InChI=1S/C23H21F3N4O3/c24-23(25,26)33-16-5-4-15(28-8-16)10-30(9-13-1-2-13)22(31)14-3-6-20-17(7-14)18-11-32-12-19(18)21(27)29-20/h3-8,13H,1-2,9-12H2,(H2,27,29). The van der Waals surface area contributed by atoms with E-state index in [1.54, 1.807) is 17.0 Å². The quantitative estimate of drug-likeness (QED) is 0.596. The maximum Gasteiger partial charge on any atom is 0.573 e. The van der Waals surface area contributed by atoms with E-state index in [0.29, 0.717) is 48.3 Å². The molecular weight excluding hydrogens is 437 g/mol. The fourth-order valence-electron chi connectivity index (χ4n) is 4.01. The Kier molecular flexibility index (Phi) is 5.32. The van der Waals surface area contributed by atoms with Crippen LogP contribution >= 0.6 is 0 Å². The molecule has 33 heavy (non-hydrogen) atoms. The van der Waals surface area contributed by atoms with Gasteiger partial charge in [-0.15, -0.1) is 13.2 Å². The van der Waals surface area contributed by atoms with Gasteiger partial charge < -0.3 is 20.1 Å². The predicted octanol–water partition coefficient (Wildman–Crippen LogP) is 4.19. The molecule has 1 aliphatic heterocycles. The topological polar surface area (TPSA) is 90.6 Å². The van der Waals surface area contributed by atoms with Crippen LogP contribution in [0.5, 0.6) is 5.75 Å². The van der Waals surface area contributed by atoms with Crippen molar-refractivity contribution in [3.05, 3.63) is 58.9 Å². The first-order chi connectivity index (χ1) is 15.8. The van der Waals surface area contributed by atoms with Crippen molar-refractivity contribution in [1.29, 1.82) is 0 Å². The van der Waals surface area contributed by atoms with Gasteiger partial charge in [-0.3, -0.25) is 9.78 Å². The van der Waals surface area contributed by atoms with Crippen molar-refractivity contribution >= 4 is 22.6 Å². The number of anilines is 1. The first-order valence-corrected chi connectivity index (χ1v) is 10.6. The second kappa shape index (κ2) is 8.18. The van der Waals surface area contributed by atoms with Gasteiger partial charge in [-0.25, -0.2) is 4.98 Å². The normalized spacial score (nSPS) is 15.5. The number of nitrogens with zero attached hydrogens (tertiary/aromatic N) is 3. The van der Waals surface area contributed by atoms with E-state index in [1.807, 2.05) is 6.07 Å². The monoisotopic (exact) mass is 458 g/mol. The van der Waals surface area contributed by atoms with Gasteiger partial charge >= 0.3 is 6.36 Å². The van der Waals surface area contributed by atoms with Gasteiger partial charge in [0, 0.05) is 23.1 Å². The molecule has 0 bridgehead atoms. The Morgan fingerprint density at radius 1 is 1.18 bits per heavy atom. The summed E-state index contributed by atoms with van der Waals surface area (Å²) in [7, 11) is 0. The average molecular weight is 458 g/mol. The molecule has 1 saturated carbocycles. The van der Waals surface area contributed by atoms with Crippen LogP contribution in [0.3, 0.4) is 0 Å². The van der Waals surface area contributed by atoms with Crippen molar-refractivity contribution in [2.75, 3.05) is 12.3 Å². The lowest BCUT2D eigenvalue weighted by atomic mass is 10.0. The van der Waals surface area contributed by atoms with Crippen LogP contribution in [0.25, 0.3) is 10.9 Å². The summed E-state index contributed by atoms with van der Waals surface area (Å²) in [5, 5.41) is 0.834. The van der Waals surface area contributed by atoms with E-state index in [0.717, 1.165) is 35.6 Å². The van der Waals surface area contributed by atoms with Gasteiger partial charge in [0.15, 0.2) is 0 Å². The van der Waals surface area contributed by atoms with Crippen LogP contribution in [0.15, 0.2) is 36.5 Å². The van der Waals surface area contributed by atoms with E-state index in [1.165, 1.54) is 12.1 Å². The van der Waals surface area contributed by atoms with Crippen LogP contribution in [0.1, 0.15) is 40.0 Å². The Balaban J connectivity index is 1.40. The average Bonchev–Trinajstić information content (AvgIpc) is 3.44. The molecule has 0 saturated heterocycles. The summed E-state index contributed by atoms with van der Waals surface area (Å²) in [5.74, 6) is 0.282. The number of alkyl halides is 3. The first-order valence-electron chi connectivity index (χ1n) is 10.6. The third kappa shape index (κ3) is 4.70. The molecule has 0 atom stereocenters. The molecule has 0 spiro atoms. The highest BCUT2D eigenvalue weighted by Crippen LogP contribution is 2.33. The maximum absolute atomic E-state index is 13.4. The van der Waals surface area contributed by atoms with E-state index in [9.17, 15) is 18.0 Å². The Labute approximate surface area is 187 Å². The molecule has 3 aromatic rings. The molecule has 1 aliphatic carbocycles. The number of pyridine rings is 2. The SMILES string of the molecule is Nc1nc2ccc(C(=O)N(Cc3ccc(OC(F)(F)F)cn3)CC3CC3)cc2c2c1COC2. The summed E-state index contributed by atoms with van der Waals surface area (Å²) in [6.45, 7) is 1.55. The second-order valence-electron chi connectivity index (χ2n) is 8.34. The lowest BCUT2D eigenvalue weighted by molar-refractivity contribution is -0.274. The Morgan fingerprint density at radius 3 is 2.67 bits per heavy atom. The fraction of sp³-hybridized carbons (Fsp3) is 0.348. The van der Waals surface area contributed by atoms with Crippen LogP contribution in [-0.4, -0.2) is 33.7 Å². The predicted molar refractivity (Wildman–Crippen MR) is 113 cm³/mol. The molecule has 1 amide bonds. The Hall–Kier alpha value is -3.40. The van der Waals surface area contributed by atoms with E-state index < -0.39 is 12.1 Å². The zero-order chi connectivity index (χ0) is 23.2. The van der Waals surface area contributed by atoms with Crippen LogP contribution in [-0.2, 0) is 24.5 Å². The smallest absolute Gasteiger partial charge is 0.404 e. The van der Waals surface area contributed by atoms with Gasteiger partial charge in [-0.2, -0.15) is 0 Å². The van der Waals surface area contributed by atoms with Crippen molar-refractivity contribution in [3.63, 3.8) is 0 Å². The van der Waals surface area contributed by atoms with Crippen molar-refractivity contribution in [1.82, 2.24) is 14.9 Å². The van der Waals surface area contributed by atoms with Gasteiger partial charge in [0.2, 0.25) is 0 Å². The second-order valence-corrected chi connectivity index (χ2v) is 8.34. The minimum absolute atomic E-state index is 0.175. The molecule has 1 aromatic carbocycles. The summed E-state index contributed by atoms with van der Waals surface area (Å²) < 4.78 is 46.6. The van der Waals surface area contributed by atoms with Crippen molar-refractivity contribution in [2.45, 2.75) is 39.0 Å². The van der Waals surface area contributed by atoms with Gasteiger partial charge in [0.05, 0.1) is 37.2 Å². The fourth-order valence-corrected chi connectivity index (χ4v) is 4.01. The lowest BCUT2D eigenvalue weighted by Crippen LogP contribution is -2.32. The highest BCUT2D eigenvalue weighted by Gasteiger charge is 2.31. The zero-order valence-corrected chi connectivity index (χ0v) is 17.6. The number of nitrogens with two attached hydrogens (primary N) is 1. The molecule has 7 nitrogen and oxygen atoms in total. The zero-order valence-electron chi connectivity index (χ0n) is 17.6. The van der Waals surface area contributed by atoms with E-state index in [2.05, 4.69) is 14.7 Å². The molecule has 1 fully saturated rings. The molecule has 2 aliphatic rings. The summed E-state index contributed by atoms with van der Waals surface area (Å²) in [4.78, 5) is 23.6. The molecular formula is C23H21F3N4O3. The number of rotatable bonds is 6. The number of nitrogen functional groups attached to an aromatic ring is 1. The molecule has 10 heteroatoms. The third-order valence-corrected chi connectivity index (χ3v) is 5.82. The minimum atomic E-state index is -4.78. The van der Waals surface area contributed by atoms with E-state index >= 15 is 0 Å². The number of hydrogen-bond donors (Lipinski definition) is 1. The number of carbonyl (C=O) groups excluding carboxylic acids is 1. The first kappa shape index (κ1) is 21.4. The largest absolute Gasteiger partial charge is 0.573 e. The Morgan fingerprint density at radius 2 is 1.97 bits per heavy atom. The van der Waals surface area contributed by atoms with Crippen molar-refractivity contribution < 1.29 is 27.4 Å². The van der Waals surface area contributed by atoms with E-state index in [-0.39, 0.29) is 12.5 Å². The molecule has 2 aromatic heterocycles. The molecule has 2 N–H and O–H groups in total. The number of ether oxygens (including phenoxy) is 2. The number of carbonyl (C=O) groups is 1. The lowest BCUT2D eigenvalue weighted by Gasteiger charge is -2.23. The minimum Gasteiger partial charge on any atom is -0.404 e. The number of halogens is 3. The number of aromatic nitrogens is 2. The number of hydrogen-bond acceptors (Lipinski definition) is 6. The molecule has 172 valence electrons. The van der Waals surface area contributed by atoms with Crippen LogP contribution in [0.2, 0.25) is 0 Å². The molecule has 0 radical (unpaired) electrons. The van der Waals surface area contributed by atoms with Gasteiger partial charge in [0.1, 0.15) is 11.6 Å². The number of amides is 1. The third-order valence-electron chi connectivity index (χ3n) is 5.82. The molecule has 5 rings (SSSR count). The van der Waals surface area contributed by atoms with Crippen LogP contribution in [0, 0.1) is 5.92 Å².